The van der Waals surface area contributed by atoms with Gasteiger partial charge in [-0.05, 0) is 56.5 Å². The van der Waals surface area contributed by atoms with Crippen LogP contribution in [0.1, 0.15) is 26.7 Å². The lowest BCUT2D eigenvalue weighted by Gasteiger charge is -2.37. The number of aliphatic hydroxyl groups is 1. The standard InChI is InChI=1S/C23H32N4O3S.2ClH/c1-18(2)25-13-15-26(16-14-25)23-8-5-20(17-24-23)19-3-6-22(7-4-19)31(29,30)27-11-9-21(28)10-12-27;;/h3-8,17-18,21,28H,9-16H2,1-2H3;2*1H. The van der Waals surface area contributed by atoms with Gasteiger partial charge in [-0.2, -0.15) is 4.31 Å². The van der Waals surface area contributed by atoms with Crippen LogP contribution >= 0.6 is 24.8 Å². The predicted molar refractivity (Wildman–Crippen MR) is 137 cm³/mol. The Bertz CT molecular complexity index is 972. The van der Waals surface area contributed by atoms with E-state index in [2.05, 4.69) is 28.6 Å². The maximum Gasteiger partial charge on any atom is 0.243 e. The van der Waals surface area contributed by atoms with E-state index in [9.17, 15) is 13.5 Å². The van der Waals surface area contributed by atoms with Gasteiger partial charge in [0.2, 0.25) is 10.0 Å². The van der Waals surface area contributed by atoms with Gasteiger partial charge in [-0.25, -0.2) is 13.4 Å². The second-order valence-electron chi connectivity index (χ2n) is 8.68. The van der Waals surface area contributed by atoms with Crippen LogP contribution in [0.3, 0.4) is 0 Å². The highest BCUT2D eigenvalue weighted by Gasteiger charge is 2.28. The number of hydrogen-bond acceptors (Lipinski definition) is 6. The van der Waals surface area contributed by atoms with Crippen LogP contribution in [-0.2, 0) is 10.0 Å². The second-order valence-corrected chi connectivity index (χ2v) is 10.6. The molecular weight excluding hydrogens is 483 g/mol. The first-order valence-corrected chi connectivity index (χ1v) is 12.5. The number of piperidine rings is 1. The zero-order chi connectivity index (χ0) is 22.0. The zero-order valence-electron chi connectivity index (χ0n) is 19.1. The van der Waals surface area contributed by atoms with Gasteiger partial charge in [0.1, 0.15) is 5.82 Å². The minimum absolute atomic E-state index is 0. The van der Waals surface area contributed by atoms with E-state index in [0.29, 0.717) is 36.9 Å². The second kappa shape index (κ2) is 11.8. The van der Waals surface area contributed by atoms with Gasteiger partial charge in [-0.3, -0.25) is 4.90 Å². The molecule has 7 nitrogen and oxygen atoms in total. The van der Waals surface area contributed by atoms with Crippen LogP contribution in [0.25, 0.3) is 11.1 Å². The molecule has 0 saturated carbocycles. The van der Waals surface area contributed by atoms with Crippen molar-refractivity contribution in [2.75, 3.05) is 44.2 Å². The number of sulfonamides is 1. The van der Waals surface area contributed by atoms with E-state index >= 15 is 0 Å². The maximum atomic E-state index is 12.8. The van der Waals surface area contributed by atoms with Crippen LogP contribution in [0.4, 0.5) is 5.82 Å². The van der Waals surface area contributed by atoms with Gasteiger partial charge in [0.05, 0.1) is 11.0 Å². The third-order valence-electron chi connectivity index (χ3n) is 6.37. The van der Waals surface area contributed by atoms with Crippen LogP contribution in [-0.4, -0.2) is 79.1 Å². The average Bonchev–Trinajstić information content (AvgIpc) is 2.80. The van der Waals surface area contributed by atoms with Crippen LogP contribution in [0.5, 0.6) is 0 Å². The number of anilines is 1. The molecule has 2 aromatic rings. The molecule has 0 radical (unpaired) electrons. The number of hydrogen-bond donors (Lipinski definition) is 1. The minimum atomic E-state index is -3.52. The Hall–Kier alpha value is -1.42. The Balaban J connectivity index is 0.00000193. The first kappa shape index (κ1) is 27.8. The molecule has 2 aliphatic heterocycles. The predicted octanol–water partition coefficient (Wildman–Crippen LogP) is 3.27. The summed E-state index contributed by atoms with van der Waals surface area (Å²) in [6, 6.07) is 11.7. The smallest absolute Gasteiger partial charge is 0.243 e. The Morgan fingerprint density at radius 2 is 1.45 bits per heavy atom. The highest BCUT2D eigenvalue weighted by atomic mass is 35.5. The summed E-state index contributed by atoms with van der Waals surface area (Å²) in [4.78, 5) is 9.74. The molecule has 3 heterocycles. The molecule has 1 N–H and O–H groups in total. The highest BCUT2D eigenvalue weighted by Crippen LogP contribution is 2.26. The van der Waals surface area contributed by atoms with E-state index in [0.717, 1.165) is 43.1 Å². The largest absolute Gasteiger partial charge is 0.393 e. The molecule has 0 aliphatic carbocycles. The van der Waals surface area contributed by atoms with Gasteiger partial charge in [-0.1, -0.05) is 12.1 Å². The number of piperazine rings is 1. The van der Waals surface area contributed by atoms with E-state index in [1.807, 2.05) is 30.5 Å². The fourth-order valence-corrected chi connectivity index (χ4v) is 5.73. The van der Waals surface area contributed by atoms with Crippen LogP contribution in [0, 0.1) is 0 Å². The van der Waals surface area contributed by atoms with Crippen LogP contribution in [0.2, 0.25) is 0 Å². The quantitative estimate of drug-likeness (QED) is 0.656. The first-order valence-electron chi connectivity index (χ1n) is 11.1. The number of rotatable bonds is 5. The Morgan fingerprint density at radius 1 is 0.879 bits per heavy atom. The Labute approximate surface area is 209 Å². The summed E-state index contributed by atoms with van der Waals surface area (Å²) in [5.41, 5.74) is 1.91. The van der Waals surface area contributed by atoms with Crippen molar-refractivity contribution in [2.24, 2.45) is 0 Å². The lowest BCUT2D eigenvalue weighted by Crippen LogP contribution is -2.49. The van der Waals surface area contributed by atoms with Crippen molar-refractivity contribution >= 4 is 40.7 Å². The summed E-state index contributed by atoms with van der Waals surface area (Å²) in [5, 5.41) is 9.63. The molecular formula is C23H34Cl2N4O3S. The molecule has 0 atom stereocenters. The molecule has 1 aromatic carbocycles. The molecule has 184 valence electrons. The molecule has 1 aromatic heterocycles. The molecule has 2 fully saturated rings. The Kier molecular flexibility index (Phi) is 9.96. The molecule has 0 spiro atoms. The summed E-state index contributed by atoms with van der Waals surface area (Å²) >= 11 is 0. The summed E-state index contributed by atoms with van der Waals surface area (Å²) in [5.74, 6) is 0.985. The van der Waals surface area contributed by atoms with Gasteiger partial charge in [0.15, 0.2) is 0 Å². The Morgan fingerprint density at radius 3 is 1.97 bits per heavy atom. The number of nitrogens with zero attached hydrogens (tertiary/aromatic N) is 4. The molecule has 2 aliphatic rings. The molecule has 0 amide bonds. The summed E-state index contributed by atoms with van der Waals surface area (Å²) in [6.45, 7) is 9.24. The van der Waals surface area contributed by atoms with E-state index in [4.69, 9.17) is 0 Å². The maximum absolute atomic E-state index is 12.8. The summed E-state index contributed by atoms with van der Waals surface area (Å²) < 4.78 is 27.2. The molecule has 10 heteroatoms. The van der Waals surface area contributed by atoms with Gasteiger partial charge >= 0.3 is 0 Å². The third kappa shape index (κ3) is 6.38. The van der Waals surface area contributed by atoms with E-state index in [1.54, 1.807) is 12.1 Å². The van der Waals surface area contributed by atoms with Gasteiger partial charge < -0.3 is 10.0 Å². The summed E-state index contributed by atoms with van der Waals surface area (Å²) in [7, 11) is -3.52. The van der Waals surface area contributed by atoms with Gasteiger partial charge in [0.25, 0.3) is 0 Å². The molecule has 0 unspecified atom stereocenters. The number of benzene rings is 1. The van der Waals surface area contributed by atoms with Crippen molar-refractivity contribution in [1.29, 1.82) is 0 Å². The SMILES string of the molecule is CC(C)N1CCN(c2ccc(-c3ccc(S(=O)(=O)N4CCC(O)CC4)cc3)cn2)CC1.Cl.Cl. The number of pyridine rings is 1. The molecule has 4 rings (SSSR count). The van der Waals surface area contributed by atoms with Crippen LogP contribution in [0.15, 0.2) is 47.5 Å². The van der Waals surface area contributed by atoms with Crippen LogP contribution < -0.4 is 4.90 Å². The minimum Gasteiger partial charge on any atom is -0.393 e. The highest BCUT2D eigenvalue weighted by molar-refractivity contribution is 7.89. The van der Waals surface area contributed by atoms with E-state index in [-0.39, 0.29) is 24.8 Å². The average molecular weight is 518 g/mol. The number of halogens is 2. The third-order valence-corrected chi connectivity index (χ3v) is 8.28. The van der Waals surface area contributed by atoms with Crippen molar-refractivity contribution in [3.63, 3.8) is 0 Å². The number of aliphatic hydroxyl groups excluding tert-OH is 1. The van der Waals surface area contributed by atoms with E-state index in [1.165, 1.54) is 4.31 Å². The van der Waals surface area contributed by atoms with Crippen molar-refractivity contribution in [3.8, 4) is 11.1 Å². The van der Waals surface area contributed by atoms with Gasteiger partial charge in [0, 0.05) is 57.1 Å². The van der Waals surface area contributed by atoms with Crippen molar-refractivity contribution in [1.82, 2.24) is 14.2 Å². The fraction of sp³-hybridized carbons (Fsp3) is 0.522. The monoisotopic (exact) mass is 516 g/mol. The van der Waals surface area contributed by atoms with Crippen molar-refractivity contribution in [3.05, 3.63) is 42.6 Å². The lowest BCUT2D eigenvalue weighted by atomic mass is 10.1. The molecule has 33 heavy (non-hydrogen) atoms. The number of aromatic nitrogens is 1. The van der Waals surface area contributed by atoms with Crippen molar-refractivity contribution < 1.29 is 13.5 Å². The lowest BCUT2D eigenvalue weighted by molar-refractivity contribution is 0.113. The molecule has 0 bridgehead atoms. The van der Waals surface area contributed by atoms with Gasteiger partial charge in [-0.15, -0.1) is 24.8 Å². The fourth-order valence-electron chi connectivity index (χ4n) is 4.26. The first-order chi connectivity index (χ1) is 14.8. The van der Waals surface area contributed by atoms with E-state index < -0.39 is 16.1 Å². The topological polar surface area (TPSA) is 77.0 Å². The normalized spacial score (nSPS) is 18.6. The molecule has 2 saturated heterocycles. The van der Waals surface area contributed by atoms with Crippen molar-refractivity contribution in [2.45, 2.75) is 43.7 Å². The zero-order valence-corrected chi connectivity index (χ0v) is 21.6. The summed E-state index contributed by atoms with van der Waals surface area (Å²) in [6.07, 6.45) is 2.44.